The number of aromatic hydroxyl groups is 1. The Hall–Kier alpha value is -2.67. The second-order valence-electron chi connectivity index (χ2n) is 7.72. The predicted molar refractivity (Wildman–Crippen MR) is 131 cm³/mol. The summed E-state index contributed by atoms with van der Waals surface area (Å²) < 4.78 is 1.01. The Kier molecular flexibility index (Phi) is 6.70. The molecule has 1 aliphatic rings. The number of fused-ring (bicyclic) bond motifs is 1. The molecule has 2 aromatic heterocycles. The number of nitrogens with one attached hydrogen (secondary N) is 1. The highest BCUT2D eigenvalue weighted by molar-refractivity contribution is 7.22. The quantitative estimate of drug-likeness (QED) is 0.383. The van der Waals surface area contributed by atoms with Gasteiger partial charge in [0.25, 0.3) is 0 Å². The van der Waals surface area contributed by atoms with E-state index in [2.05, 4.69) is 50.5 Å². The van der Waals surface area contributed by atoms with Crippen LogP contribution in [0.25, 0.3) is 20.7 Å². The zero-order valence-corrected chi connectivity index (χ0v) is 18.8. The number of rotatable bonds is 6. The van der Waals surface area contributed by atoms with Crippen LogP contribution in [0.15, 0.2) is 60.9 Å². The van der Waals surface area contributed by atoms with Crippen molar-refractivity contribution >= 4 is 45.5 Å². The summed E-state index contributed by atoms with van der Waals surface area (Å²) in [4.78, 5) is 12.6. The van der Waals surface area contributed by atoms with E-state index in [1.165, 1.54) is 41.9 Å². The average Bonchev–Trinajstić information content (AvgIpc) is 3.43. The minimum Gasteiger partial charge on any atom is -0.508 e. The fourth-order valence-corrected chi connectivity index (χ4v) is 5.00. The molecule has 1 aliphatic heterocycles. The number of thiophene rings is 1. The van der Waals surface area contributed by atoms with Gasteiger partial charge in [0.15, 0.2) is 5.82 Å². The first-order chi connectivity index (χ1) is 14.7. The molecule has 2 N–H and O–H groups in total. The summed E-state index contributed by atoms with van der Waals surface area (Å²) in [5, 5.41) is 13.0. The average molecular weight is 453 g/mol. The third-order valence-electron chi connectivity index (χ3n) is 5.57. The molecule has 0 radical (unpaired) electrons. The van der Waals surface area contributed by atoms with E-state index in [1.54, 1.807) is 35.9 Å². The van der Waals surface area contributed by atoms with Crippen molar-refractivity contribution in [1.82, 2.24) is 14.9 Å². The maximum Gasteiger partial charge on any atom is 0.151 e. The van der Waals surface area contributed by atoms with Crippen molar-refractivity contribution < 1.29 is 5.11 Å². The second-order valence-corrected chi connectivity index (χ2v) is 8.77. The molecule has 0 atom stereocenters. The minimum absolute atomic E-state index is 0. The molecule has 2 aromatic carbocycles. The van der Waals surface area contributed by atoms with Gasteiger partial charge in [-0.25, -0.2) is 9.97 Å². The molecule has 0 unspecified atom stereocenters. The van der Waals surface area contributed by atoms with Gasteiger partial charge in [-0.3, -0.25) is 0 Å². The van der Waals surface area contributed by atoms with E-state index >= 15 is 0 Å². The lowest BCUT2D eigenvalue weighted by Crippen LogP contribution is -2.21. The molecule has 0 aliphatic carbocycles. The third kappa shape index (κ3) is 4.98. The monoisotopic (exact) mass is 452 g/mol. The van der Waals surface area contributed by atoms with Crippen molar-refractivity contribution in [2.45, 2.75) is 19.3 Å². The van der Waals surface area contributed by atoms with Crippen molar-refractivity contribution in [3.05, 3.63) is 66.5 Å². The number of hydrogen-bond acceptors (Lipinski definition) is 6. The first kappa shape index (κ1) is 21.6. The zero-order valence-electron chi connectivity index (χ0n) is 17.1. The molecule has 0 saturated carbocycles. The molecule has 5 rings (SSSR count). The highest BCUT2D eigenvalue weighted by Crippen LogP contribution is 2.36. The standard InChI is InChI=1S/C24H24N4OS.ClH/c29-20-5-3-4-19(14-20)27-24-23-21(25-16-26-24)15-22(30-23)18-8-6-17(7-9-18)10-13-28-11-1-2-12-28;/h3-9,14-16,29H,1-2,10-13H2,(H,25,26,27);1H. The van der Waals surface area contributed by atoms with Crippen molar-refractivity contribution in [3.8, 4) is 16.2 Å². The molecule has 4 aromatic rings. The molecule has 0 amide bonds. The number of benzene rings is 2. The lowest BCUT2D eigenvalue weighted by molar-refractivity contribution is 0.343. The number of anilines is 2. The van der Waals surface area contributed by atoms with Crippen LogP contribution in [0.4, 0.5) is 11.5 Å². The Morgan fingerprint density at radius 1 is 1.00 bits per heavy atom. The summed E-state index contributed by atoms with van der Waals surface area (Å²) in [6, 6.07) is 18.1. The molecule has 160 valence electrons. The van der Waals surface area contributed by atoms with E-state index in [-0.39, 0.29) is 18.2 Å². The number of phenols is 1. The summed E-state index contributed by atoms with van der Waals surface area (Å²) >= 11 is 1.68. The molecular formula is C24H25ClN4OS. The highest BCUT2D eigenvalue weighted by Gasteiger charge is 2.12. The molecule has 5 nitrogen and oxygen atoms in total. The zero-order chi connectivity index (χ0) is 20.3. The van der Waals surface area contributed by atoms with Gasteiger partial charge in [0.05, 0.1) is 10.2 Å². The van der Waals surface area contributed by atoms with E-state index in [0.717, 1.165) is 34.7 Å². The summed E-state index contributed by atoms with van der Waals surface area (Å²) in [5.41, 5.74) is 4.31. The van der Waals surface area contributed by atoms with Crippen LogP contribution in [0.5, 0.6) is 5.75 Å². The second kappa shape index (κ2) is 9.64. The van der Waals surface area contributed by atoms with Crippen LogP contribution in [0, 0.1) is 0 Å². The van der Waals surface area contributed by atoms with Gasteiger partial charge in [-0.15, -0.1) is 23.7 Å². The van der Waals surface area contributed by atoms with Crippen LogP contribution in [-0.4, -0.2) is 39.6 Å². The van der Waals surface area contributed by atoms with Crippen molar-refractivity contribution in [2.75, 3.05) is 25.0 Å². The molecule has 0 bridgehead atoms. The van der Waals surface area contributed by atoms with Gasteiger partial charge in [-0.05, 0) is 61.7 Å². The van der Waals surface area contributed by atoms with Gasteiger partial charge in [-0.2, -0.15) is 0 Å². The van der Waals surface area contributed by atoms with Gasteiger partial charge in [0.2, 0.25) is 0 Å². The summed E-state index contributed by atoms with van der Waals surface area (Å²) in [5.74, 6) is 0.978. The molecule has 7 heteroatoms. The third-order valence-corrected chi connectivity index (χ3v) is 6.75. The molecule has 31 heavy (non-hydrogen) atoms. The largest absolute Gasteiger partial charge is 0.508 e. The summed E-state index contributed by atoms with van der Waals surface area (Å²) in [6.07, 6.45) is 5.37. The van der Waals surface area contributed by atoms with Gasteiger partial charge >= 0.3 is 0 Å². The first-order valence-corrected chi connectivity index (χ1v) is 11.2. The summed E-state index contributed by atoms with van der Waals surface area (Å²) in [7, 11) is 0. The SMILES string of the molecule is Cl.Oc1cccc(Nc2ncnc3cc(-c4ccc(CCN5CCCC5)cc4)sc23)c1. The maximum atomic E-state index is 9.71. The topological polar surface area (TPSA) is 61.3 Å². The molecule has 3 heterocycles. The number of nitrogens with zero attached hydrogens (tertiary/aromatic N) is 3. The molecule has 1 saturated heterocycles. The fourth-order valence-electron chi connectivity index (χ4n) is 3.94. The summed E-state index contributed by atoms with van der Waals surface area (Å²) in [6.45, 7) is 3.65. The highest BCUT2D eigenvalue weighted by atomic mass is 35.5. The maximum absolute atomic E-state index is 9.71. The van der Waals surface area contributed by atoms with Crippen LogP contribution in [-0.2, 0) is 6.42 Å². The molecular weight excluding hydrogens is 428 g/mol. The van der Waals surface area contributed by atoms with Crippen molar-refractivity contribution in [3.63, 3.8) is 0 Å². The van der Waals surface area contributed by atoms with E-state index < -0.39 is 0 Å². The van der Waals surface area contributed by atoms with E-state index in [0.29, 0.717) is 0 Å². The Morgan fingerprint density at radius 3 is 2.58 bits per heavy atom. The Balaban J connectivity index is 0.00000231. The lowest BCUT2D eigenvalue weighted by Gasteiger charge is -2.14. The van der Waals surface area contributed by atoms with Gasteiger partial charge in [0.1, 0.15) is 12.1 Å². The number of hydrogen-bond donors (Lipinski definition) is 2. The van der Waals surface area contributed by atoms with E-state index in [4.69, 9.17) is 0 Å². The van der Waals surface area contributed by atoms with Crippen LogP contribution >= 0.6 is 23.7 Å². The normalized spacial score (nSPS) is 13.9. The molecule has 1 fully saturated rings. The first-order valence-electron chi connectivity index (χ1n) is 10.4. The van der Waals surface area contributed by atoms with Gasteiger partial charge < -0.3 is 15.3 Å². The minimum atomic E-state index is 0. The van der Waals surface area contributed by atoms with Crippen LogP contribution in [0.3, 0.4) is 0 Å². The lowest BCUT2D eigenvalue weighted by atomic mass is 10.1. The van der Waals surface area contributed by atoms with Gasteiger partial charge in [0, 0.05) is 23.2 Å². The number of aromatic nitrogens is 2. The van der Waals surface area contributed by atoms with Gasteiger partial charge in [-0.1, -0.05) is 30.3 Å². The number of halogens is 1. The number of phenolic OH excluding ortho intramolecular Hbond substituents is 1. The smallest absolute Gasteiger partial charge is 0.151 e. The van der Waals surface area contributed by atoms with E-state index in [1.807, 2.05) is 6.07 Å². The Morgan fingerprint density at radius 2 is 1.81 bits per heavy atom. The van der Waals surface area contributed by atoms with Crippen LogP contribution in [0.2, 0.25) is 0 Å². The number of likely N-dealkylation sites (tertiary alicyclic amines) is 1. The van der Waals surface area contributed by atoms with E-state index in [9.17, 15) is 5.11 Å². The van der Waals surface area contributed by atoms with Crippen LogP contribution < -0.4 is 5.32 Å². The van der Waals surface area contributed by atoms with Crippen molar-refractivity contribution in [1.29, 1.82) is 0 Å². The fraction of sp³-hybridized carbons (Fsp3) is 0.250. The van der Waals surface area contributed by atoms with Crippen molar-refractivity contribution in [2.24, 2.45) is 0 Å². The Bertz CT molecular complexity index is 1160. The molecule has 0 spiro atoms. The van der Waals surface area contributed by atoms with Crippen LogP contribution in [0.1, 0.15) is 18.4 Å². The predicted octanol–water partition coefficient (Wildman–Crippen LogP) is 5.87. The Labute approximate surface area is 192 Å².